The lowest BCUT2D eigenvalue weighted by Crippen LogP contribution is -2.64. The number of aliphatic hydroxyl groups excluding tert-OH is 1. The molecule has 4 N–H and O–H groups in total. The van der Waals surface area contributed by atoms with E-state index in [-0.39, 0.29) is 36.5 Å². The number of carbonyl (C=O) groups excluding carboxylic acids is 2. The number of amides is 2. The van der Waals surface area contributed by atoms with Gasteiger partial charge in [0.15, 0.2) is 0 Å². The van der Waals surface area contributed by atoms with Crippen LogP contribution in [0.5, 0.6) is 0 Å². The van der Waals surface area contributed by atoms with Crippen LogP contribution in [0.25, 0.3) is 0 Å². The number of anilines is 1. The van der Waals surface area contributed by atoms with Crippen molar-refractivity contribution in [3.05, 3.63) is 29.6 Å². The number of halogens is 1. The van der Waals surface area contributed by atoms with Crippen LogP contribution in [0.4, 0.5) is 10.1 Å². The molecule has 0 bridgehead atoms. The number of aliphatic hydroxyl groups is 1. The van der Waals surface area contributed by atoms with E-state index < -0.39 is 17.7 Å². The summed E-state index contributed by atoms with van der Waals surface area (Å²) in [6.07, 6.45) is 0.944. The van der Waals surface area contributed by atoms with Crippen LogP contribution in [-0.4, -0.2) is 65.7 Å². The number of nitrogens with one attached hydrogen (secondary N) is 1. The maximum Gasteiger partial charge on any atom is 0.241 e. The number of piperazine rings is 1. The van der Waals surface area contributed by atoms with Gasteiger partial charge < -0.3 is 21.1 Å². The van der Waals surface area contributed by atoms with Crippen molar-refractivity contribution in [2.45, 2.75) is 78.5 Å². The van der Waals surface area contributed by atoms with Crippen molar-refractivity contribution in [1.29, 1.82) is 0 Å². The second kappa shape index (κ2) is 12.1. The summed E-state index contributed by atoms with van der Waals surface area (Å²) in [5, 5.41) is 13.8. The zero-order valence-corrected chi connectivity index (χ0v) is 21.6. The van der Waals surface area contributed by atoms with E-state index in [4.69, 9.17) is 5.73 Å². The summed E-state index contributed by atoms with van der Waals surface area (Å²) in [6, 6.07) is 3.85. The van der Waals surface area contributed by atoms with Crippen LogP contribution in [0.3, 0.4) is 0 Å². The van der Waals surface area contributed by atoms with Crippen molar-refractivity contribution in [2.24, 2.45) is 17.6 Å². The van der Waals surface area contributed by atoms with Gasteiger partial charge in [0.2, 0.25) is 11.8 Å². The van der Waals surface area contributed by atoms with E-state index in [9.17, 15) is 19.1 Å². The summed E-state index contributed by atoms with van der Waals surface area (Å²) in [6.45, 7) is 13.4. The third-order valence-corrected chi connectivity index (χ3v) is 6.63. The minimum atomic E-state index is -0.865. The summed E-state index contributed by atoms with van der Waals surface area (Å²) >= 11 is 0. The van der Waals surface area contributed by atoms with E-state index in [1.165, 1.54) is 12.1 Å². The third-order valence-electron chi connectivity index (χ3n) is 6.63. The third kappa shape index (κ3) is 7.48. The summed E-state index contributed by atoms with van der Waals surface area (Å²) in [5.74, 6) is -0.499. The number of hydrogen-bond acceptors (Lipinski definition) is 5. The van der Waals surface area contributed by atoms with E-state index in [1.54, 1.807) is 11.0 Å². The van der Waals surface area contributed by atoms with Crippen LogP contribution in [0.2, 0.25) is 0 Å². The van der Waals surface area contributed by atoms with Gasteiger partial charge in [-0.2, -0.15) is 0 Å². The second-order valence-electron chi connectivity index (χ2n) is 10.7. The van der Waals surface area contributed by atoms with Crippen LogP contribution in [0.15, 0.2) is 18.2 Å². The van der Waals surface area contributed by atoms with Crippen LogP contribution >= 0.6 is 0 Å². The minimum absolute atomic E-state index is 0.0450. The molecular formula is C26H43FN4O3. The van der Waals surface area contributed by atoms with Gasteiger partial charge in [-0.05, 0) is 57.2 Å². The van der Waals surface area contributed by atoms with Crippen molar-refractivity contribution < 1.29 is 19.1 Å². The molecule has 34 heavy (non-hydrogen) atoms. The van der Waals surface area contributed by atoms with Gasteiger partial charge in [0, 0.05) is 42.8 Å². The minimum Gasteiger partial charge on any atom is -0.391 e. The molecule has 0 unspecified atom stereocenters. The normalized spacial score (nSPS) is 19.2. The molecule has 0 spiro atoms. The van der Waals surface area contributed by atoms with Crippen molar-refractivity contribution in [3.63, 3.8) is 0 Å². The molecule has 1 heterocycles. The molecule has 1 fully saturated rings. The number of hydrogen-bond donors (Lipinski definition) is 3. The molecule has 0 aliphatic carbocycles. The fourth-order valence-corrected chi connectivity index (χ4v) is 4.44. The SMILES string of the molecule is CCC[C@H](C[C@H](O)[C@@H](N)CN1CC(=O)N(c2cc(F)ccc2C)CC1(C)C)C(=O)NCC(C)C. The Morgan fingerprint density at radius 1 is 1.32 bits per heavy atom. The number of nitrogens with two attached hydrogens (primary N) is 1. The predicted octanol–water partition coefficient (Wildman–Crippen LogP) is 2.83. The summed E-state index contributed by atoms with van der Waals surface area (Å²) in [7, 11) is 0. The molecule has 192 valence electrons. The molecule has 2 rings (SSSR count). The first kappa shape index (κ1) is 28.2. The molecule has 0 saturated carbocycles. The number of rotatable bonds is 11. The number of carbonyl (C=O) groups is 2. The highest BCUT2D eigenvalue weighted by Crippen LogP contribution is 2.29. The molecule has 1 aromatic carbocycles. The fourth-order valence-electron chi connectivity index (χ4n) is 4.44. The second-order valence-corrected chi connectivity index (χ2v) is 10.7. The smallest absolute Gasteiger partial charge is 0.241 e. The largest absolute Gasteiger partial charge is 0.391 e. The van der Waals surface area contributed by atoms with Crippen LogP contribution in [0.1, 0.15) is 59.4 Å². The fraction of sp³-hybridized carbons (Fsp3) is 0.692. The van der Waals surface area contributed by atoms with Gasteiger partial charge in [-0.15, -0.1) is 0 Å². The molecular weight excluding hydrogens is 435 g/mol. The number of aryl methyl sites for hydroxylation is 1. The molecule has 1 aliphatic heterocycles. The lowest BCUT2D eigenvalue weighted by Gasteiger charge is -2.48. The monoisotopic (exact) mass is 478 g/mol. The average Bonchev–Trinajstić information content (AvgIpc) is 2.75. The topological polar surface area (TPSA) is 98.9 Å². The number of nitrogens with zero attached hydrogens (tertiary/aromatic N) is 2. The van der Waals surface area contributed by atoms with Gasteiger partial charge in [0.1, 0.15) is 5.82 Å². The lowest BCUT2D eigenvalue weighted by molar-refractivity contribution is -0.126. The van der Waals surface area contributed by atoms with Gasteiger partial charge in [-0.1, -0.05) is 33.3 Å². The van der Waals surface area contributed by atoms with Crippen molar-refractivity contribution >= 4 is 17.5 Å². The first-order valence-corrected chi connectivity index (χ1v) is 12.4. The Morgan fingerprint density at radius 3 is 2.62 bits per heavy atom. The molecule has 3 atom stereocenters. The lowest BCUT2D eigenvalue weighted by atomic mass is 9.91. The Labute approximate surface area is 203 Å². The quantitative estimate of drug-likeness (QED) is 0.454. The highest BCUT2D eigenvalue weighted by molar-refractivity contribution is 5.96. The summed E-state index contributed by atoms with van der Waals surface area (Å²) in [4.78, 5) is 29.2. The maximum atomic E-state index is 13.8. The van der Waals surface area contributed by atoms with E-state index >= 15 is 0 Å². The van der Waals surface area contributed by atoms with Crippen LogP contribution < -0.4 is 16.0 Å². The standard InChI is InChI=1S/C26H43FN4O3/c1-7-8-19(25(34)29-13-17(2)3)11-23(32)21(28)14-30-15-24(33)31(16-26(30,5)6)22-12-20(27)10-9-18(22)4/h9-10,12,17,19,21,23,32H,7-8,11,13-16,28H2,1-6H3,(H,29,34)/t19-,21+,23+/m1/s1. The molecule has 1 aliphatic rings. The molecule has 7 nitrogen and oxygen atoms in total. The Morgan fingerprint density at radius 2 is 2.00 bits per heavy atom. The maximum absolute atomic E-state index is 13.8. The van der Waals surface area contributed by atoms with Gasteiger partial charge in [0.25, 0.3) is 0 Å². The molecule has 0 radical (unpaired) electrons. The highest BCUT2D eigenvalue weighted by atomic mass is 19.1. The van der Waals surface area contributed by atoms with E-state index in [0.717, 1.165) is 12.0 Å². The van der Waals surface area contributed by atoms with Crippen molar-refractivity contribution in [1.82, 2.24) is 10.2 Å². The highest BCUT2D eigenvalue weighted by Gasteiger charge is 2.40. The zero-order chi connectivity index (χ0) is 25.6. The van der Waals surface area contributed by atoms with Crippen LogP contribution in [0, 0.1) is 24.6 Å². The van der Waals surface area contributed by atoms with E-state index in [0.29, 0.717) is 37.7 Å². The van der Waals surface area contributed by atoms with Gasteiger partial charge in [0.05, 0.1) is 12.6 Å². The van der Waals surface area contributed by atoms with Gasteiger partial charge >= 0.3 is 0 Å². The van der Waals surface area contributed by atoms with E-state index in [2.05, 4.69) is 5.32 Å². The molecule has 8 heteroatoms. The first-order valence-electron chi connectivity index (χ1n) is 12.4. The van der Waals surface area contributed by atoms with Crippen LogP contribution in [-0.2, 0) is 9.59 Å². The average molecular weight is 479 g/mol. The Bertz CT molecular complexity index is 845. The summed E-state index contributed by atoms with van der Waals surface area (Å²) in [5.41, 5.74) is 7.36. The Balaban J connectivity index is 2.04. The molecule has 2 amide bonds. The van der Waals surface area contributed by atoms with E-state index in [1.807, 2.05) is 46.4 Å². The molecule has 1 aromatic rings. The van der Waals surface area contributed by atoms with Crippen molar-refractivity contribution in [3.8, 4) is 0 Å². The molecule has 0 aromatic heterocycles. The molecule has 1 saturated heterocycles. The Hall–Kier alpha value is -2.03. The predicted molar refractivity (Wildman–Crippen MR) is 134 cm³/mol. The zero-order valence-electron chi connectivity index (χ0n) is 21.6. The van der Waals surface area contributed by atoms with Gasteiger partial charge in [-0.3, -0.25) is 14.5 Å². The van der Waals surface area contributed by atoms with Crippen molar-refractivity contribution in [2.75, 3.05) is 31.1 Å². The Kier molecular flexibility index (Phi) is 10.0. The number of benzene rings is 1. The van der Waals surface area contributed by atoms with Gasteiger partial charge in [-0.25, -0.2) is 4.39 Å². The summed E-state index contributed by atoms with van der Waals surface area (Å²) < 4.78 is 13.8. The first-order chi connectivity index (χ1) is 15.9.